The molecule has 0 amide bonds. The lowest BCUT2D eigenvalue weighted by Gasteiger charge is -2.48. The van der Waals surface area contributed by atoms with E-state index in [0.29, 0.717) is 12.0 Å². The summed E-state index contributed by atoms with van der Waals surface area (Å²) in [7, 11) is 0. The minimum atomic E-state index is -0.0346. The van der Waals surface area contributed by atoms with E-state index in [9.17, 15) is 0 Å². The molecule has 1 aromatic carbocycles. The molecule has 4 nitrogen and oxygen atoms in total. The summed E-state index contributed by atoms with van der Waals surface area (Å²) in [4.78, 5) is 0. The predicted octanol–water partition coefficient (Wildman–Crippen LogP) is 4.09. The quantitative estimate of drug-likeness (QED) is 0.790. The normalized spacial score (nSPS) is 32.5. The molecule has 3 heterocycles. The molecule has 3 aliphatic heterocycles. The number of hydrogen-bond acceptors (Lipinski definition) is 4. The van der Waals surface area contributed by atoms with Crippen LogP contribution in [0.5, 0.6) is 0 Å². The van der Waals surface area contributed by atoms with Crippen molar-refractivity contribution in [3.63, 3.8) is 0 Å². The van der Waals surface area contributed by atoms with Crippen LogP contribution in [0.15, 0.2) is 24.3 Å². The van der Waals surface area contributed by atoms with Crippen molar-refractivity contribution < 1.29 is 9.47 Å². The maximum atomic E-state index is 6.51. The number of benzene rings is 1. The lowest BCUT2D eigenvalue weighted by molar-refractivity contribution is -0.217. The molecule has 4 unspecified atom stereocenters. The third-order valence-corrected chi connectivity index (χ3v) is 6.17. The van der Waals surface area contributed by atoms with Gasteiger partial charge in [-0.25, -0.2) is 0 Å². The van der Waals surface area contributed by atoms with Gasteiger partial charge in [-0.2, -0.15) is 0 Å². The Labute approximate surface area is 151 Å². The van der Waals surface area contributed by atoms with E-state index in [0.717, 1.165) is 38.5 Å². The van der Waals surface area contributed by atoms with Crippen molar-refractivity contribution in [1.82, 2.24) is 5.32 Å². The topological polar surface area (TPSA) is 42.5 Å². The lowest BCUT2D eigenvalue weighted by atomic mass is 9.73. The number of rotatable bonds is 5. The van der Waals surface area contributed by atoms with Gasteiger partial charge in [0.1, 0.15) is 0 Å². The van der Waals surface area contributed by atoms with E-state index in [1.54, 1.807) is 0 Å². The largest absolute Gasteiger partial charge is 0.381 e. The Morgan fingerprint density at radius 3 is 2.80 bits per heavy atom. The first kappa shape index (κ1) is 17.3. The molecule has 138 valence electrons. The van der Waals surface area contributed by atoms with E-state index in [4.69, 9.17) is 9.47 Å². The Balaban J connectivity index is 1.53. The number of fused-ring (bicyclic) bond motifs is 3. The van der Waals surface area contributed by atoms with Gasteiger partial charge in [-0.05, 0) is 57.2 Å². The zero-order chi connectivity index (χ0) is 17.1. The molecule has 2 fully saturated rings. The van der Waals surface area contributed by atoms with Gasteiger partial charge < -0.3 is 20.1 Å². The van der Waals surface area contributed by atoms with Gasteiger partial charge in [0.2, 0.25) is 0 Å². The van der Waals surface area contributed by atoms with E-state index in [1.807, 2.05) is 0 Å². The predicted molar refractivity (Wildman–Crippen MR) is 101 cm³/mol. The highest BCUT2D eigenvalue weighted by Gasteiger charge is 2.44. The van der Waals surface area contributed by atoms with Crippen molar-refractivity contribution in [1.29, 1.82) is 0 Å². The van der Waals surface area contributed by atoms with Crippen molar-refractivity contribution in [3.8, 4) is 0 Å². The first-order chi connectivity index (χ1) is 12.4. The molecule has 3 aliphatic rings. The molecule has 0 radical (unpaired) electrons. The van der Waals surface area contributed by atoms with Gasteiger partial charge in [0.15, 0.2) is 6.29 Å². The summed E-state index contributed by atoms with van der Waals surface area (Å²) < 4.78 is 12.5. The van der Waals surface area contributed by atoms with Gasteiger partial charge in [0, 0.05) is 29.8 Å². The van der Waals surface area contributed by atoms with Gasteiger partial charge in [-0.3, -0.25) is 0 Å². The van der Waals surface area contributed by atoms with Crippen molar-refractivity contribution >= 4 is 5.69 Å². The van der Waals surface area contributed by atoms with E-state index in [2.05, 4.69) is 41.8 Å². The molecule has 4 rings (SSSR count). The first-order valence-electron chi connectivity index (χ1n) is 10.2. The average molecular weight is 344 g/mol. The summed E-state index contributed by atoms with van der Waals surface area (Å²) in [5.41, 5.74) is 2.59. The van der Waals surface area contributed by atoms with Crippen LogP contribution in [0.2, 0.25) is 0 Å². The number of para-hydroxylation sites is 1. The van der Waals surface area contributed by atoms with Crippen LogP contribution in [-0.4, -0.2) is 32.0 Å². The molecule has 0 spiro atoms. The molecule has 2 N–H and O–H groups in total. The summed E-state index contributed by atoms with van der Waals surface area (Å²) in [6.07, 6.45) is 7.17. The second-order valence-electron chi connectivity index (χ2n) is 7.80. The second kappa shape index (κ2) is 8.07. The highest BCUT2D eigenvalue weighted by Crippen LogP contribution is 2.48. The fraction of sp³-hybridized carbons (Fsp3) is 0.714. The lowest BCUT2D eigenvalue weighted by Crippen LogP contribution is -2.49. The summed E-state index contributed by atoms with van der Waals surface area (Å²) in [6.45, 7) is 5.31. The number of unbranched alkanes of at least 4 members (excludes halogenated alkanes) is 1. The average Bonchev–Trinajstić information content (AvgIpc) is 2.68. The molecule has 0 bridgehead atoms. The second-order valence-corrected chi connectivity index (χ2v) is 7.80. The van der Waals surface area contributed by atoms with E-state index >= 15 is 0 Å². The van der Waals surface area contributed by atoms with Gasteiger partial charge in [-0.15, -0.1) is 0 Å². The van der Waals surface area contributed by atoms with Crippen LogP contribution in [0.1, 0.15) is 57.1 Å². The number of nitrogens with one attached hydrogen (secondary N) is 2. The zero-order valence-electron chi connectivity index (χ0n) is 15.4. The summed E-state index contributed by atoms with van der Waals surface area (Å²) in [5, 5.41) is 7.39. The van der Waals surface area contributed by atoms with Crippen LogP contribution in [0.4, 0.5) is 5.69 Å². The minimum absolute atomic E-state index is 0.0346. The van der Waals surface area contributed by atoms with Crippen LogP contribution in [-0.2, 0) is 9.47 Å². The summed E-state index contributed by atoms with van der Waals surface area (Å²) >= 11 is 0. The molecule has 0 saturated carbocycles. The molecule has 4 atom stereocenters. The standard InChI is InChI=1S/C21H32N2O2/c1-2-3-14-24-19-9-8-17-20(15-10-12-22-13-11-15)23-18-7-5-4-6-16(18)21(17)25-19/h4-7,15,17,19-23H,2-3,8-14H2,1H3. The first-order valence-corrected chi connectivity index (χ1v) is 10.2. The third kappa shape index (κ3) is 3.71. The number of piperidine rings is 1. The van der Waals surface area contributed by atoms with E-state index in [-0.39, 0.29) is 12.4 Å². The maximum absolute atomic E-state index is 6.51. The minimum Gasteiger partial charge on any atom is -0.381 e. The summed E-state index contributed by atoms with van der Waals surface area (Å²) in [6, 6.07) is 9.23. The molecule has 0 aliphatic carbocycles. The molecule has 0 aromatic heterocycles. The highest BCUT2D eigenvalue weighted by atomic mass is 16.7. The summed E-state index contributed by atoms with van der Waals surface area (Å²) in [5.74, 6) is 1.30. The maximum Gasteiger partial charge on any atom is 0.158 e. The van der Waals surface area contributed by atoms with Crippen LogP contribution < -0.4 is 10.6 Å². The SMILES string of the molecule is CCCCOC1CCC2C(O1)c1ccccc1NC2C1CCNCC1. The van der Waals surface area contributed by atoms with Crippen LogP contribution in [0.3, 0.4) is 0 Å². The van der Waals surface area contributed by atoms with Gasteiger partial charge >= 0.3 is 0 Å². The van der Waals surface area contributed by atoms with Gasteiger partial charge in [0.25, 0.3) is 0 Å². The van der Waals surface area contributed by atoms with Gasteiger partial charge in [0.05, 0.1) is 6.10 Å². The Hall–Kier alpha value is -1.10. The molecule has 1 aromatic rings. The molecule has 2 saturated heterocycles. The third-order valence-electron chi connectivity index (χ3n) is 6.17. The Bertz CT molecular complexity index is 559. The number of anilines is 1. The molecular formula is C21H32N2O2. The van der Waals surface area contributed by atoms with E-state index in [1.165, 1.54) is 36.9 Å². The molecular weight excluding hydrogens is 312 g/mol. The Morgan fingerprint density at radius 1 is 1.12 bits per heavy atom. The van der Waals surface area contributed by atoms with Crippen molar-refractivity contribution in [2.24, 2.45) is 11.8 Å². The smallest absolute Gasteiger partial charge is 0.158 e. The van der Waals surface area contributed by atoms with Crippen molar-refractivity contribution in [3.05, 3.63) is 29.8 Å². The van der Waals surface area contributed by atoms with Crippen LogP contribution in [0, 0.1) is 11.8 Å². The Kier molecular flexibility index (Phi) is 5.59. The van der Waals surface area contributed by atoms with Gasteiger partial charge in [-0.1, -0.05) is 31.5 Å². The molecule has 25 heavy (non-hydrogen) atoms. The molecule has 4 heteroatoms. The highest BCUT2D eigenvalue weighted by molar-refractivity contribution is 5.56. The number of ether oxygens (including phenoxy) is 2. The Morgan fingerprint density at radius 2 is 1.96 bits per heavy atom. The van der Waals surface area contributed by atoms with E-state index < -0.39 is 0 Å². The van der Waals surface area contributed by atoms with Crippen molar-refractivity contribution in [2.45, 2.75) is 63.9 Å². The number of hydrogen-bond donors (Lipinski definition) is 2. The fourth-order valence-corrected chi connectivity index (χ4v) is 4.80. The van der Waals surface area contributed by atoms with Crippen molar-refractivity contribution in [2.75, 3.05) is 25.0 Å². The van der Waals surface area contributed by atoms with Crippen LogP contribution in [0.25, 0.3) is 0 Å². The van der Waals surface area contributed by atoms with Crippen LogP contribution >= 0.6 is 0 Å². The fourth-order valence-electron chi connectivity index (χ4n) is 4.80. The monoisotopic (exact) mass is 344 g/mol. The zero-order valence-corrected chi connectivity index (χ0v) is 15.4.